The second kappa shape index (κ2) is 10.1. The van der Waals surface area contributed by atoms with Crippen molar-refractivity contribution < 1.29 is 19.1 Å². The van der Waals surface area contributed by atoms with Gasteiger partial charge >= 0.3 is 6.03 Å². The lowest BCUT2D eigenvalue weighted by Crippen LogP contribution is -2.46. The number of aromatic nitrogens is 2. The molecule has 2 N–H and O–H groups in total. The minimum atomic E-state index is -0.295. The molecule has 2 fully saturated rings. The number of carbonyl (C=O) groups excluding carboxylic acids is 2. The summed E-state index contributed by atoms with van der Waals surface area (Å²) in [7, 11) is 1.59. The average Bonchev–Trinajstić information content (AvgIpc) is 3.50. The van der Waals surface area contributed by atoms with Gasteiger partial charge < -0.3 is 25.0 Å². The van der Waals surface area contributed by atoms with Gasteiger partial charge in [-0.15, -0.1) is 10.2 Å². The summed E-state index contributed by atoms with van der Waals surface area (Å²) < 4.78 is 10.7. The molecular formula is C21H27N5O4S. The first-order valence-electron chi connectivity index (χ1n) is 10.6. The first kappa shape index (κ1) is 21.5. The summed E-state index contributed by atoms with van der Waals surface area (Å²) in [4.78, 5) is 26.9. The SMILES string of the molecule is COc1ccc(NC(=O)c2nnc([C@H]3CCCN(C(=O)NC[C@@H]4CCCO4)C3)s2)cc1. The van der Waals surface area contributed by atoms with E-state index in [0.29, 0.717) is 23.8 Å². The molecule has 166 valence electrons. The Balaban J connectivity index is 1.31. The van der Waals surface area contributed by atoms with Gasteiger partial charge in [0.15, 0.2) is 0 Å². The molecule has 2 aromatic rings. The fraction of sp³-hybridized carbons (Fsp3) is 0.524. The van der Waals surface area contributed by atoms with Crippen molar-refractivity contribution in [1.29, 1.82) is 0 Å². The van der Waals surface area contributed by atoms with Crippen LogP contribution in [0, 0.1) is 0 Å². The van der Waals surface area contributed by atoms with E-state index in [1.807, 2.05) is 4.90 Å². The van der Waals surface area contributed by atoms with E-state index in [2.05, 4.69) is 20.8 Å². The lowest BCUT2D eigenvalue weighted by atomic mass is 9.99. The van der Waals surface area contributed by atoms with E-state index in [4.69, 9.17) is 9.47 Å². The zero-order valence-electron chi connectivity index (χ0n) is 17.5. The summed E-state index contributed by atoms with van der Waals surface area (Å²) in [5, 5.41) is 15.2. The molecule has 0 spiro atoms. The van der Waals surface area contributed by atoms with Gasteiger partial charge in [0.1, 0.15) is 10.8 Å². The molecule has 0 saturated carbocycles. The van der Waals surface area contributed by atoms with Gasteiger partial charge in [-0.3, -0.25) is 4.79 Å². The monoisotopic (exact) mass is 445 g/mol. The number of methoxy groups -OCH3 is 1. The molecule has 0 unspecified atom stereocenters. The third kappa shape index (κ3) is 5.50. The first-order valence-corrected chi connectivity index (χ1v) is 11.4. The Morgan fingerprint density at radius 2 is 2.06 bits per heavy atom. The number of rotatable bonds is 6. The highest BCUT2D eigenvalue weighted by molar-refractivity contribution is 7.13. The summed E-state index contributed by atoms with van der Waals surface area (Å²) in [5.74, 6) is 0.510. The van der Waals surface area contributed by atoms with Crippen molar-refractivity contribution in [2.24, 2.45) is 0 Å². The number of nitrogens with zero attached hydrogens (tertiary/aromatic N) is 3. The molecule has 0 bridgehead atoms. The van der Waals surface area contributed by atoms with Crippen LogP contribution in [-0.4, -0.2) is 66.5 Å². The number of likely N-dealkylation sites (tertiary alicyclic amines) is 1. The molecule has 3 heterocycles. The largest absolute Gasteiger partial charge is 0.497 e. The molecule has 10 heteroatoms. The van der Waals surface area contributed by atoms with Crippen molar-refractivity contribution in [3.05, 3.63) is 34.3 Å². The Labute approximate surface area is 185 Å². The smallest absolute Gasteiger partial charge is 0.317 e. The van der Waals surface area contributed by atoms with Gasteiger partial charge in [0.05, 0.1) is 13.2 Å². The summed E-state index contributed by atoms with van der Waals surface area (Å²) in [6, 6.07) is 7.03. The van der Waals surface area contributed by atoms with Crippen molar-refractivity contribution in [2.45, 2.75) is 37.7 Å². The molecule has 2 aliphatic rings. The van der Waals surface area contributed by atoms with Gasteiger partial charge in [0.2, 0.25) is 5.01 Å². The van der Waals surface area contributed by atoms with E-state index in [1.54, 1.807) is 31.4 Å². The van der Waals surface area contributed by atoms with Crippen molar-refractivity contribution in [1.82, 2.24) is 20.4 Å². The summed E-state index contributed by atoms with van der Waals surface area (Å²) in [5.41, 5.74) is 0.661. The number of amides is 3. The molecular weight excluding hydrogens is 418 g/mol. The number of anilines is 1. The Morgan fingerprint density at radius 1 is 1.23 bits per heavy atom. The van der Waals surface area contributed by atoms with Crippen LogP contribution in [0.5, 0.6) is 5.75 Å². The number of nitrogens with one attached hydrogen (secondary N) is 2. The maximum atomic E-state index is 12.5. The summed E-state index contributed by atoms with van der Waals surface area (Å²) >= 11 is 1.28. The third-order valence-electron chi connectivity index (χ3n) is 5.55. The van der Waals surface area contributed by atoms with E-state index in [-0.39, 0.29) is 24.0 Å². The van der Waals surface area contributed by atoms with Crippen molar-refractivity contribution >= 4 is 29.0 Å². The summed E-state index contributed by atoms with van der Waals surface area (Å²) in [6.07, 6.45) is 3.99. The van der Waals surface area contributed by atoms with E-state index in [0.717, 1.165) is 49.6 Å². The number of piperidine rings is 1. The average molecular weight is 446 g/mol. The van der Waals surface area contributed by atoms with Crippen LogP contribution in [0.3, 0.4) is 0 Å². The molecule has 2 atom stereocenters. The van der Waals surface area contributed by atoms with E-state index in [1.165, 1.54) is 11.3 Å². The second-order valence-corrected chi connectivity index (χ2v) is 8.74. The highest BCUT2D eigenvalue weighted by Crippen LogP contribution is 2.29. The third-order valence-corrected chi connectivity index (χ3v) is 6.63. The van der Waals surface area contributed by atoms with Crippen LogP contribution < -0.4 is 15.4 Å². The second-order valence-electron chi connectivity index (χ2n) is 7.73. The fourth-order valence-corrected chi connectivity index (χ4v) is 4.70. The van der Waals surface area contributed by atoms with Crippen LogP contribution in [0.15, 0.2) is 24.3 Å². The quantitative estimate of drug-likeness (QED) is 0.708. The van der Waals surface area contributed by atoms with E-state index >= 15 is 0 Å². The number of hydrogen-bond donors (Lipinski definition) is 2. The molecule has 0 radical (unpaired) electrons. The number of urea groups is 1. The predicted molar refractivity (Wildman–Crippen MR) is 117 cm³/mol. The van der Waals surface area contributed by atoms with Crippen LogP contribution in [-0.2, 0) is 4.74 Å². The number of hydrogen-bond acceptors (Lipinski definition) is 7. The molecule has 4 rings (SSSR count). The van der Waals surface area contributed by atoms with Gasteiger partial charge in [-0.05, 0) is 49.9 Å². The molecule has 31 heavy (non-hydrogen) atoms. The molecule has 0 aliphatic carbocycles. The standard InChI is InChI=1S/C21H27N5O4S/c1-29-16-8-6-15(7-9-16)23-18(27)20-25-24-19(31-20)14-4-2-10-26(13-14)21(28)22-12-17-5-3-11-30-17/h6-9,14,17H,2-5,10-13H2,1H3,(H,22,28)(H,23,27)/t14-,17-/m0/s1. The van der Waals surface area contributed by atoms with Crippen LogP contribution >= 0.6 is 11.3 Å². The lowest BCUT2D eigenvalue weighted by molar-refractivity contribution is 0.102. The normalized spacial score (nSPS) is 21.0. The van der Waals surface area contributed by atoms with E-state index < -0.39 is 0 Å². The van der Waals surface area contributed by atoms with Crippen molar-refractivity contribution in [2.75, 3.05) is 38.7 Å². The van der Waals surface area contributed by atoms with Crippen LogP contribution in [0.4, 0.5) is 10.5 Å². The van der Waals surface area contributed by atoms with Gasteiger partial charge in [-0.1, -0.05) is 11.3 Å². The van der Waals surface area contributed by atoms with Gasteiger partial charge in [-0.2, -0.15) is 0 Å². The first-order chi connectivity index (χ1) is 15.1. The number of ether oxygens (including phenoxy) is 2. The topological polar surface area (TPSA) is 106 Å². The van der Waals surface area contributed by atoms with Gasteiger partial charge in [0, 0.05) is 37.8 Å². The molecule has 1 aromatic heterocycles. The Bertz CT molecular complexity index is 897. The molecule has 9 nitrogen and oxygen atoms in total. The van der Waals surface area contributed by atoms with Gasteiger partial charge in [0.25, 0.3) is 5.91 Å². The van der Waals surface area contributed by atoms with Gasteiger partial charge in [-0.25, -0.2) is 4.79 Å². The highest BCUT2D eigenvalue weighted by Gasteiger charge is 2.28. The van der Waals surface area contributed by atoms with E-state index in [9.17, 15) is 9.59 Å². The summed E-state index contributed by atoms with van der Waals surface area (Å²) in [6.45, 7) is 2.62. The zero-order valence-corrected chi connectivity index (χ0v) is 18.3. The molecule has 3 amide bonds. The Morgan fingerprint density at radius 3 is 2.81 bits per heavy atom. The molecule has 2 saturated heterocycles. The predicted octanol–water partition coefficient (Wildman–Crippen LogP) is 2.87. The Kier molecular flexibility index (Phi) is 6.98. The van der Waals surface area contributed by atoms with Crippen LogP contribution in [0.1, 0.15) is 46.4 Å². The van der Waals surface area contributed by atoms with Crippen LogP contribution in [0.25, 0.3) is 0 Å². The highest BCUT2D eigenvalue weighted by atomic mass is 32.1. The minimum Gasteiger partial charge on any atom is -0.497 e. The van der Waals surface area contributed by atoms with Crippen molar-refractivity contribution in [3.8, 4) is 5.75 Å². The number of benzene rings is 1. The van der Waals surface area contributed by atoms with Crippen molar-refractivity contribution in [3.63, 3.8) is 0 Å². The molecule has 2 aliphatic heterocycles. The van der Waals surface area contributed by atoms with Crippen LogP contribution in [0.2, 0.25) is 0 Å². The molecule has 1 aromatic carbocycles. The Hall–Kier alpha value is -2.72. The maximum Gasteiger partial charge on any atom is 0.317 e. The fourth-order valence-electron chi connectivity index (χ4n) is 3.83. The zero-order chi connectivity index (χ0) is 21.6. The minimum absolute atomic E-state index is 0.0674. The number of carbonyl (C=O) groups is 2. The maximum absolute atomic E-state index is 12.5. The lowest BCUT2D eigenvalue weighted by Gasteiger charge is -2.31.